The van der Waals surface area contributed by atoms with E-state index in [1.54, 1.807) is 0 Å². The lowest BCUT2D eigenvalue weighted by molar-refractivity contribution is 0.182. The van der Waals surface area contributed by atoms with Crippen LogP contribution < -0.4 is 22.0 Å². The van der Waals surface area contributed by atoms with E-state index >= 15 is 0 Å². The van der Waals surface area contributed by atoms with Crippen LogP contribution in [0.4, 0.5) is 0 Å². The zero-order chi connectivity index (χ0) is 9.26. The summed E-state index contributed by atoms with van der Waals surface area (Å²) in [5.74, 6) is 0.466. The Kier molecular flexibility index (Phi) is 2.39. The second-order valence-corrected chi connectivity index (χ2v) is 3.66. The number of nitrogens with zero attached hydrogens (tertiary/aromatic N) is 1. The van der Waals surface area contributed by atoms with Gasteiger partial charge < -0.3 is 11.1 Å². The summed E-state index contributed by atoms with van der Waals surface area (Å²) in [6.45, 7) is 1.98. The van der Waals surface area contributed by atoms with E-state index in [1.165, 1.54) is 0 Å². The predicted octanol–water partition coefficient (Wildman–Crippen LogP) is -1.28. The lowest BCUT2D eigenvalue weighted by Gasteiger charge is -2.30. The molecular weight excluding hydrogens is 166 g/mol. The minimum absolute atomic E-state index is 0.466. The van der Waals surface area contributed by atoms with Gasteiger partial charge in [-0.05, 0) is 6.42 Å². The van der Waals surface area contributed by atoms with Crippen molar-refractivity contribution in [1.82, 2.24) is 21.3 Å². The van der Waals surface area contributed by atoms with Gasteiger partial charge in [-0.25, -0.2) is 10.4 Å². The van der Waals surface area contributed by atoms with Gasteiger partial charge in [0.05, 0.1) is 0 Å². The molecule has 0 aromatic rings. The monoisotopic (exact) mass is 183 g/mol. The van der Waals surface area contributed by atoms with E-state index in [2.05, 4.69) is 21.3 Å². The van der Waals surface area contributed by atoms with Gasteiger partial charge in [0.25, 0.3) is 0 Å². The summed E-state index contributed by atoms with van der Waals surface area (Å²) in [4.78, 5) is 0. The van der Waals surface area contributed by atoms with Crippen molar-refractivity contribution in [2.75, 3.05) is 20.1 Å². The van der Waals surface area contributed by atoms with Gasteiger partial charge in [0, 0.05) is 44.0 Å². The van der Waals surface area contributed by atoms with E-state index in [9.17, 15) is 0 Å². The number of nitrogens with one attached hydrogen (secondary N) is 3. The molecule has 2 unspecified atom stereocenters. The molecule has 2 atom stereocenters. The maximum atomic E-state index is 5.94. The van der Waals surface area contributed by atoms with Crippen molar-refractivity contribution in [3.63, 3.8) is 0 Å². The third kappa shape index (κ3) is 1.63. The highest BCUT2D eigenvalue weighted by atomic mass is 15.7. The molecule has 2 aliphatic heterocycles. The fourth-order valence-electron chi connectivity index (χ4n) is 2.02. The second-order valence-electron chi connectivity index (χ2n) is 3.66. The molecule has 0 bridgehead atoms. The number of rotatable bonds is 1. The first-order valence-electron chi connectivity index (χ1n) is 4.69. The molecule has 0 aromatic carbocycles. The largest absolute Gasteiger partial charge is 0.401 e. The van der Waals surface area contributed by atoms with Crippen molar-refractivity contribution in [1.29, 1.82) is 0 Å². The van der Waals surface area contributed by atoms with Crippen LogP contribution in [0.5, 0.6) is 0 Å². The molecule has 1 fully saturated rings. The SMILES string of the molecule is CN1NNCC1C1CCNC=C1N. The van der Waals surface area contributed by atoms with Gasteiger partial charge in [-0.2, -0.15) is 5.53 Å². The van der Waals surface area contributed by atoms with Crippen LogP contribution in [-0.2, 0) is 0 Å². The first kappa shape index (κ1) is 8.80. The zero-order valence-corrected chi connectivity index (χ0v) is 7.88. The number of likely N-dealkylation sites (N-methyl/N-ethyl adjacent to an activating group) is 1. The molecule has 2 rings (SSSR count). The maximum absolute atomic E-state index is 5.94. The molecular formula is C8H17N5. The summed E-state index contributed by atoms with van der Waals surface area (Å²) in [7, 11) is 2.04. The van der Waals surface area contributed by atoms with E-state index in [0.717, 1.165) is 25.2 Å². The second kappa shape index (κ2) is 3.53. The van der Waals surface area contributed by atoms with Gasteiger partial charge in [0.2, 0.25) is 0 Å². The number of hydrogen-bond donors (Lipinski definition) is 4. The molecule has 0 aliphatic carbocycles. The van der Waals surface area contributed by atoms with Crippen molar-refractivity contribution in [2.45, 2.75) is 12.5 Å². The van der Waals surface area contributed by atoms with Crippen molar-refractivity contribution < 1.29 is 0 Å². The molecule has 0 spiro atoms. The number of nitrogens with two attached hydrogens (primary N) is 1. The van der Waals surface area contributed by atoms with Crippen LogP contribution in [0.3, 0.4) is 0 Å². The molecule has 13 heavy (non-hydrogen) atoms. The minimum Gasteiger partial charge on any atom is -0.401 e. The molecule has 0 aromatic heterocycles. The van der Waals surface area contributed by atoms with Crippen LogP contribution in [0.25, 0.3) is 0 Å². The normalized spacial score (nSPS) is 35.6. The Hall–Kier alpha value is -0.780. The molecule has 2 heterocycles. The number of hydrogen-bond acceptors (Lipinski definition) is 5. The Bertz CT molecular complexity index is 215. The minimum atomic E-state index is 0.466. The van der Waals surface area contributed by atoms with E-state index in [1.807, 2.05) is 13.2 Å². The van der Waals surface area contributed by atoms with E-state index < -0.39 is 0 Å². The molecule has 0 saturated carbocycles. The maximum Gasteiger partial charge on any atom is 0.0476 e. The van der Waals surface area contributed by atoms with Crippen LogP contribution in [0, 0.1) is 5.92 Å². The van der Waals surface area contributed by atoms with E-state index in [-0.39, 0.29) is 0 Å². The molecule has 5 N–H and O–H groups in total. The molecule has 0 radical (unpaired) electrons. The molecule has 2 aliphatic rings. The summed E-state index contributed by atoms with van der Waals surface area (Å²) in [5.41, 5.74) is 13.1. The van der Waals surface area contributed by atoms with Crippen LogP contribution in [-0.4, -0.2) is 31.2 Å². The summed E-state index contributed by atoms with van der Waals surface area (Å²) >= 11 is 0. The Morgan fingerprint density at radius 2 is 2.46 bits per heavy atom. The van der Waals surface area contributed by atoms with Gasteiger partial charge in [0.1, 0.15) is 0 Å². The fraction of sp³-hybridized carbons (Fsp3) is 0.750. The van der Waals surface area contributed by atoms with Crippen LogP contribution in [0.15, 0.2) is 11.9 Å². The van der Waals surface area contributed by atoms with Gasteiger partial charge in [-0.3, -0.25) is 0 Å². The highest BCUT2D eigenvalue weighted by Gasteiger charge is 2.31. The Labute approximate surface area is 78.3 Å². The quantitative estimate of drug-likeness (QED) is 0.408. The van der Waals surface area contributed by atoms with Crippen LogP contribution >= 0.6 is 0 Å². The van der Waals surface area contributed by atoms with Crippen LogP contribution in [0.2, 0.25) is 0 Å². The van der Waals surface area contributed by atoms with Crippen molar-refractivity contribution >= 4 is 0 Å². The summed E-state index contributed by atoms with van der Waals surface area (Å²) < 4.78 is 0. The molecule has 1 saturated heterocycles. The average molecular weight is 183 g/mol. The lowest BCUT2D eigenvalue weighted by atomic mass is 9.91. The van der Waals surface area contributed by atoms with Gasteiger partial charge in [-0.1, -0.05) is 0 Å². The first-order chi connectivity index (χ1) is 6.29. The first-order valence-corrected chi connectivity index (χ1v) is 4.69. The number of hydrazine groups is 2. The third-order valence-electron chi connectivity index (χ3n) is 2.83. The zero-order valence-electron chi connectivity index (χ0n) is 7.88. The standard InChI is InChI=1S/C8H17N5/c1-13-8(5-11-12-13)6-2-3-10-4-7(6)9/h4,6,8,10-12H,2-3,5,9H2,1H3. The van der Waals surface area contributed by atoms with Crippen LogP contribution in [0.1, 0.15) is 6.42 Å². The predicted molar refractivity (Wildman–Crippen MR) is 51.1 cm³/mol. The summed E-state index contributed by atoms with van der Waals surface area (Å²) in [5, 5.41) is 5.25. The molecule has 0 amide bonds. The highest BCUT2D eigenvalue weighted by molar-refractivity contribution is 5.09. The molecule has 5 nitrogen and oxygen atoms in total. The van der Waals surface area contributed by atoms with Crippen molar-refractivity contribution in [3.8, 4) is 0 Å². The van der Waals surface area contributed by atoms with E-state index in [0.29, 0.717) is 12.0 Å². The summed E-state index contributed by atoms with van der Waals surface area (Å²) in [6, 6.07) is 0.471. The smallest absolute Gasteiger partial charge is 0.0476 e. The van der Waals surface area contributed by atoms with Crippen molar-refractivity contribution in [2.24, 2.45) is 11.7 Å². The fourth-order valence-corrected chi connectivity index (χ4v) is 2.02. The Balaban J connectivity index is 2.06. The highest BCUT2D eigenvalue weighted by Crippen LogP contribution is 2.21. The Morgan fingerprint density at radius 1 is 1.62 bits per heavy atom. The summed E-state index contributed by atoms with van der Waals surface area (Å²) in [6.07, 6.45) is 3.04. The van der Waals surface area contributed by atoms with Gasteiger partial charge >= 0.3 is 0 Å². The van der Waals surface area contributed by atoms with Gasteiger partial charge in [0.15, 0.2) is 0 Å². The molecule has 74 valence electrons. The topological polar surface area (TPSA) is 65.3 Å². The van der Waals surface area contributed by atoms with Crippen molar-refractivity contribution in [3.05, 3.63) is 11.9 Å². The van der Waals surface area contributed by atoms with Gasteiger partial charge in [-0.15, -0.1) is 0 Å². The van der Waals surface area contributed by atoms with E-state index in [4.69, 9.17) is 5.73 Å². The third-order valence-corrected chi connectivity index (χ3v) is 2.83. The Morgan fingerprint density at radius 3 is 3.08 bits per heavy atom. The lowest BCUT2D eigenvalue weighted by Crippen LogP contribution is -2.43. The average Bonchev–Trinajstić information content (AvgIpc) is 2.52. The molecule has 5 heteroatoms.